The Labute approximate surface area is 101 Å². The molecule has 2 atom stereocenters. The van der Waals surface area contributed by atoms with Crippen LogP contribution in [0.3, 0.4) is 0 Å². The van der Waals surface area contributed by atoms with Crippen LogP contribution in [0.25, 0.3) is 0 Å². The van der Waals surface area contributed by atoms with E-state index >= 15 is 0 Å². The molecule has 2 rings (SSSR count). The van der Waals surface area contributed by atoms with E-state index in [2.05, 4.69) is 34.0 Å². The lowest BCUT2D eigenvalue weighted by Gasteiger charge is -2.38. The lowest BCUT2D eigenvalue weighted by Crippen LogP contribution is -2.54. The molecule has 0 bridgehead atoms. The number of hydrogen-bond donors (Lipinski definition) is 1. The van der Waals surface area contributed by atoms with Crippen LogP contribution in [0, 0.1) is 6.92 Å². The lowest BCUT2D eigenvalue weighted by molar-refractivity contribution is 0.422. The Balaban J connectivity index is 2.27. The highest BCUT2D eigenvalue weighted by Crippen LogP contribution is 2.19. The molecule has 0 aliphatic carbocycles. The van der Waals surface area contributed by atoms with Gasteiger partial charge in [0.25, 0.3) is 0 Å². The Morgan fingerprint density at radius 2 is 2.19 bits per heavy atom. The summed E-state index contributed by atoms with van der Waals surface area (Å²) in [5.74, 6) is 0.929. The van der Waals surface area contributed by atoms with Gasteiger partial charge in [-0.1, -0.05) is 0 Å². The van der Waals surface area contributed by atoms with E-state index in [0.717, 1.165) is 24.6 Å². The van der Waals surface area contributed by atoms with Crippen LogP contribution in [-0.2, 0) is 0 Å². The number of hydrogen-bond acceptors (Lipinski definition) is 4. The maximum absolute atomic E-state index is 5.89. The average Bonchev–Trinajstić information content (AvgIpc) is 2.20. The zero-order valence-corrected chi connectivity index (χ0v) is 10.6. The first kappa shape index (κ1) is 11.6. The summed E-state index contributed by atoms with van der Waals surface area (Å²) in [6.07, 6.45) is 0. The molecule has 1 fully saturated rings. The zero-order chi connectivity index (χ0) is 11.7. The fourth-order valence-corrected chi connectivity index (χ4v) is 2.22. The molecule has 0 amide bonds. The van der Waals surface area contributed by atoms with Crippen LogP contribution in [0.15, 0.2) is 6.07 Å². The Bertz CT molecular complexity index is 362. The van der Waals surface area contributed by atoms with E-state index in [1.54, 1.807) is 0 Å². The van der Waals surface area contributed by atoms with E-state index in [-0.39, 0.29) is 0 Å². The third kappa shape index (κ3) is 2.44. The number of nitrogens with one attached hydrogen (secondary N) is 1. The first-order valence-electron chi connectivity index (χ1n) is 5.57. The van der Waals surface area contributed by atoms with E-state index in [1.807, 2.05) is 13.0 Å². The van der Waals surface area contributed by atoms with Crippen molar-refractivity contribution in [3.8, 4) is 0 Å². The van der Waals surface area contributed by atoms with Gasteiger partial charge >= 0.3 is 0 Å². The van der Waals surface area contributed by atoms with Crippen LogP contribution < -0.4 is 10.2 Å². The third-order valence-electron chi connectivity index (χ3n) is 2.87. The van der Waals surface area contributed by atoms with E-state index < -0.39 is 0 Å². The molecule has 1 N–H and O–H groups in total. The standard InChI is InChI=1S/C11H17ClN4/c1-7-4-10(15-11(12)14-7)16-6-8(2)13-5-9(16)3/h4,8-9,13H,5-6H2,1-3H3. The molecule has 16 heavy (non-hydrogen) atoms. The van der Waals surface area contributed by atoms with Crippen LogP contribution in [-0.4, -0.2) is 35.1 Å². The molecule has 1 aliphatic rings. The summed E-state index contributed by atoms with van der Waals surface area (Å²) in [7, 11) is 0. The maximum Gasteiger partial charge on any atom is 0.224 e. The van der Waals surface area contributed by atoms with Crippen molar-refractivity contribution < 1.29 is 0 Å². The predicted molar refractivity (Wildman–Crippen MR) is 66.1 cm³/mol. The number of rotatable bonds is 1. The van der Waals surface area contributed by atoms with Crippen molar-refractivity contribution in [1.82, 2.24) is 15.3 Å². The molecule has 2 heterocycles. The number of halogens is 1. The van der Waals surface area contributed by atoms with E-state index in [9.17, 15) is 0 Å². The maximum atomic E-state index is 5.89. The van der Waals surface area contributed by atoms with Crippen LogP contribution in [0.1, 0.15) is 19.5 Å². The van der Waals surface area contributed by atoms with Crippen LogP contribution in [0.5, 0.6) is 0 Å². The predicted octanol–water partition coefficient (Wildman–Crippen LogP) is 1.63. The minimum absolute atomic E-state index is 0.327. The van der Waals surface area contributed by atoms with Crippen molar-refractivity contribution in [2.75, 3.05) is 18.0 Å². The highest BCUT2D eigenvalue weighted by atomic mass is 35.5. The largest absolute Gasteiger partial charge is 0.351 e. The number of piperazine rings is 1. The summed E-state index contributed by atoms with van der Waals surface area (Å²) in [5.41, 5.74) is 0.911. The molecule has 4 nitrogen and oxygen atoms in total. The van der Waals surface area contributed by atoms with Crippen LogP contribution in [0.2, 0.25) is 5.28 Å². The van der Waals surface area contributed by atoms with Crippen molar-refractivity contribution in [2.24, 2.45) is 0 Å². The van der Waals surface area contributed by atoms with Crippen molar-refractivity contribution in [2.45, 2.75) is 32.9 Å². The summed E-state index contributed by atoms with van der Waals surface area (Å²) >= 11 is 5.89. The van der Waals surface area contributed by atoms with E-state index in [1.165, 1.54) is 0 Å². The summed E-state index contributed by atoms with van der Waals surface area (Å²) in [5, 5.41) is 3.77. The molecule has 0 aromatic carbocycles. The Morgan fingerprint density at radius 3 is 2.88 bits per heavy atom. The number of aryl methyl sites for hydroxylation is 1. The van der Waals surface area contributed by atoms with Gasteiger partial charge in [-0.25, -0.2) is 9.97 Å². The van der Waals surface area contributed by atoms with Crippen molar-refractivity contribution >= 4 is 17.4 Å². The number of anilines is 1. The summed E-state index contributed by atoms with van der Waals surface area (Å²) in [6.45, 7) is 8.22. The van der Waals surface area contributed by atoms with Gasteiger partial charge < -0.3 is 10.2 Å². The molecule has 1 aromatic heterocycles. The lowest BCUT2D eigenvalue weighted by atomic mass is 10.1. The van der Waals surface area contributed by atoms with E-state index in [0.29, 0.717) is 17.4 Å². The molecule has 1 aliphatic heterocycles. The second kappa shape index (κ2) is 4.55. The van der Waals surface area contributed by atoms with Crippen LogP contribution >= 0.6 is 11.6 Å². The van der Waals surface area contributed by atoms with Gasteiger partial charge in [0, 0.05) is 36.9 Å². The SMILES string of the molecule is Cc1cc(N2CC(C)NCC2C)nc(Cl)n1. The van der Waals surface area contributed by atoms with Gasteiger partial charge in [-0.2, -0.15) is 0 Å². The molecular formula is C11H17ClN4. The second-order valence-corrected chi connectivity index (χ2v) is 4.79. The third-order valence-corrected chi connectivity index (χ3v) is 3.04. The van der Waals surface area contributed by atoms with Crippen molar-refractivity contribution in [3.63, 3.8) is 0 Å². The smallest absolute Gasteiger partial charge is 0.224 e. The minimum atomic E-state index is 0.327. The van der Waals surface area contributed by atoms with Crippen LogP contribution in [0.4, 0.5) is 5.82 Å². The molecule has 2 unspecified atom stereocenters. The molecule has 0 radical (unpaired) electrons. The Hall–Kier alpha value is -0.870. The van der Waals surface area contributed by atoms with Gasteiger partial charge in [-0.05, 0) is 32.4 Å². The van der Waals surface area contributed by atoms with Gasteiger partial charge in [-0.15, -0.1) is 0 Å². The van der Waals surface area contributed by atoms with Crippen molar-refractivity contribution in [1.29, 1.82) is 0 Å². The first-order valence-corrected chi connectivity index (χ1v) is 5.95. The second-order valence-electron chi connectivity index (χ2n) is 4.45. The molecule has 0 saturated carbocycles. The number of nitrogens with zero attached hydrogens (tertiary/aromatic N) is 3. The fraction of sp³-hybridized carbons (Fsp3) is 0.636. The van der Waals surface area contributed by atoms with Gasteiger partial charge in [0.15, 0.2) is 0 Å². The summed E-state index contributed by atoms with van der Waals surface area (Å²) in [6, 6.07) is 2.90. The van der Waals surface area contributed by atoms with Gasteiger partial charge in [-0.3, -0.25) is 0 Å². The normalized spacial score (nSPS) is 25.9. The highest BCUT2D eigenvalue weighted by molar-refractivity contribution is 6.28. The fourth-order valence-electron chi connectivity index (χ4n) is 2.00. The summed E-state index contributed by atoms with van der Waals surface area (Å²) in [4.78, 5) is 10.7. The highest BCUT2D eigenvalue weighted by Gasteiger charge is 2.23. The Morgan fingerprint density at radius 1 is 1.44 bits per heavy atom. The minimum Gasteiger partial charge on any atom is -0.351 e. The molecular weight excluding hydrogens is 224 g/mol. The topological polar surface area (TPSA) is 41.0 Å². The van der Waals surface area contributed by atoms with Gasteiger partial charge in [0.05, 0.1) is 0 Å². The van der Waals surface area contributed by atoms with Crippen molar-refractivity contribution in [3.05, 3.63) is 17.0 Å². The number of aromatic nitrogens is 2. The average molecular weight is 241 g/mol. The first-order chi connectivity index (χ1) is 7.56. The van der Waals surface area contributed by atoms with Gasteiger partial charge in [0.2, 0.25) is 5.28 Å². The van der Waals surface area contributed by atoms with E-state index in [4.69, 9.17) is 11.6 Å². The molecule has 0 spiro atoms. The van der Waals surface area contributed by atoms with Gasteiger partial charge in [0.1, 0.15) is 5.82 Å². The molecule has 88 valence electrons. The Kier molecular flexibility index (Phi) is 3.30. The molecule has 1 aromatic rings. The monoisotopic (exact) mass is 240 g/mol. The molecule has 5 heteroatoms. The zero-order valence-electron chi connectivity index (χ0n) is 9.87. The molecule has 1 saturated heterocycles. The summed E-state index contributed by atoms with van der Waals surface area (Å²) < 4.78 is 0. The quantitative estimate of drug-likeness (QED) is 0.758.